The molecule has 1 aromatic heterocycles. The van der Waals surface area contributed by atoms with E-state index < -0.39 is 0 Å². The fourth-order valence-electron chi connectivity index (χ4n) is 1.81. The first kappa shape index (κ1) is 12.3. The molecule has 0 spiro atoms. The van der Waals surface area contributed by atoms with E-state index in [-0.39, 0.29) is 0 Å². The smallest absolute Gasteiger partial charge is 0.159 e. The molecule has 0 atom stereocenters. The molecular weight excluding hydrogens is 351 g/mol. The zero-order valence-corrected chi connectivity index (χ0v) is 12.2. The van der Waals surface area contributed by atoms with Gasteiger partial charge >= 0.3 is 0 Å². The summed E-state index contributed by atoms with van der Waals surface area (Å²) >= 11 is 2.30. The fourth-order valence-corrected chi connectivity index (χ4v) is 2.42. The molecule has 0 amide bonds. The molecule has 0 bridgehead atoms. The molecule has 0 unspecified atom stereocenters. The van der Waals surface area contributed by atoms with Gasteiger partial charge < -0.3 is 0 Å². The van der Waals surface area contributed by atoms with E-state index >= 15 is 0 Å². The van der Waals surface area contributed by atoms with Crippen molar-refractivity contribution in [2.75, 3.05) is 0 Å². The minimum Gasteiger partial charge on any atom is -0.159 e. The normalized spacial score (nSPS) is 10.6. The van der Waals surface area contributed by atoms with E-state index in [1.165, 1.54) is 9.13 Å². The summed E-state index contributed by atoms with van der Waals surface area (Å²) in [7, 11) is 0. The number of aromatic nitrogens is 4. The first-order valence-corrected chi connectivity index (χ1v) is 6.97. The Morgan fingerprint density at radius 2 is 1.84 bits per heavy atom. The molecule has 0 saturated heterocycles. The molecule has 94 valence electrons. The Morgan fingerprint density at radius 3 is 2.63 bits per heavy atom. The van der Waals surface area contributed by atoms with Gasteiger partial charge in [0.1, 0.15) is 0 Å². The summed E-state index contributed by atoms with van der Waals surface area (Å²) in [5, 5.41) is 12.6. The minimum absolute atomic E-state index is 0.636. The molecule has 0 aliphatic heterocycles. The third kappa shape index (κ3) is 2.98. The Kier molecular flexibility index (Phi) is 3.54. The molecule has 0 aliphatic carbocycles. The molecule has 19 heavy (non-hydrogen) atoms. The number of benzene rings is 2. The molecule has 0 fully saturated rings. The lowest BCUT2D eigenvalue weighted by atomic mass is 10.2. The van der Waals surface area contributed by atoms with E-state index in [1.807, 2.05) is 36.4 Å². The van der Waals surface area contributed by atoms with Gasteiger partial charge in [0.15, 0.2) is 0 Å². The van der Waals surface area contributed by atoms with Crippen LogP contribution in [-0.4, -0.2) is 20.2 Å². The van der Waals surface area contributed by atoms with Gasteiger partial charge in [-0.1, -0.05) is 42.5 Å². The molecular formula is C14H11IN4. The van der Waals surface area contributed by atoms with Gasteiger partial charge in [-0.05, 0) is 45.5 Å². The lowest BCUT2D eigenvalue weighted by Crippen LogP contribution is -2.04. The summed E-state index contributed by atoms with van der Waals surface area (Å²) in [4.78, 5) is 1.62. The van der Waals surface area contributed by atoms with Crippen molar-refractivity contribution in [3.63, 3.8) is 0 Å². The zero-order valence-electron chi connectivity index (χ0n) is 10.1. The number of hydrogen-bond acceptors (Lipinski definition) is 3. The van der Waals surface area contributed by atoms with E-state index in [0.717, 1.165) is 5.56 Å². The maximum absolute atomic E-state index is 4.40. The van der Waals surface area contributed by atoms with Crippen LogP contribution in [0.5, 0.6) is 0 Å². The Hall–Kier alpha value is -1.76. The van der Waals surface area contributed by atoms with Crippen molar-refractivity contribution in [3.8, 4) is 11.4 Å². The molecule has 0 radical (unpaired) electrons. The second kappa shape index (κ2) is 5.48. The van der Waals surface area contributed by atoms with E-state index in [1.54, 1.807) is 4.80 Å². The number of hydrogen-bond donors (Lipinski definition) is 0. The third-order valence-electron chi connectivity index (χ3n) is 2.70. The number of nitrogens with zero attached hydrogens (tertiary/aromatic N) is 4. The summed E-state index contributed by atoms with van der Waals surface area (Å²) in [6.07, 6.45) is 0. The highest BCUT2D eigenvalue weighted by Gasteiger charge is 2.05. The average Bonchev–Trinajstić information content (AvgIpc) is 2.88. The number of tetrazole rings is 1. The molecule has 1 heterocycles. The average molecular weight is 362 g/mol. The Labute approximate surface area is 124 Å². The van der Waals surface area contributed by atoms with Crippen molar-refractivity contribution >= 4 is 22.6 Å². The van der Waals surface area contributed by atoms with Crippen LogP contribution in [0.1, 0.15) is 5.56 Å². The van der Waals surface area contributed by atoms with Crippen LogP contribution in [0.2, 0.25) is 0 Å². The van der Waals surface area contributed by atoms with Gasteiger partial charge in [-0.3, -0.25) is 0 Å². The van der Waals surface area contributed by atoms with Crippen LogP contribution in [0.15, 0.2) is 54.6 Å². The van der Waals surface area contributed by atoms with E-state index in [0.29, 0.717) is 12.4 Å². The summed E-state index contributed by atoms with van der Waals surface area (Å²) in [6.45, 7) is 0.636. The third-order valence-corrected chi connectivity index (χ3v) is 3.37. The lowest BCUT2D eigenvalue weighted by molar-refractivity contribution is 0.572. The van der Waals surface area contributed by atoms with Gasteiger partial charge in [0.05, 0.1) is 6.54 Å². The maximum atomic E-state index is 4.40. The predicted octanol–water partition coefficient (Wildman–Crippen LogP) is 2.99. The summed E-state index contributed by atoms with van der Waals surface area (Å²) < 4.78 is 1.21. The largest absolute Gasteiger partial charge is 0.204 e. The van der Waals surface area contributed by atoms with Gasteiger partial charge in [0.2, 0.25) is 5.82 Å². The van der Waals surface area contributed by atoms with Crippen LogP contribution in [0.25, 0.3) is 11.4 Å². The minimum atomic E-state index is 0.636. The molecule has 2 aromatic carbocycles. The highest BCUT2D eigenvalue weighted by atomic mass is 127. The number of rotatable bonds is 3. The zero-order chi connectivity index (χ0) is 13.1. The van der Waals surface area contributed by atoms with Crippen LogP contribution in [0, 0.1) is 3.57 Å². The summed E-state index contributed by atoms with van der Waals surface area (Å²) in [5.41, 5.74) is 2.15. The monoisotopic (exact) mass is 362 g/mol. The number of halogens is 1. The van der Waals surface area contributed by atoms with Gasteiger partial charge in [-0.15, -0.1) is 10.2 Å². The molecule has 0 saturated carbocycles. The molecule has 5 heteroatoms. The molecule has 4 nitrogen and oxygen atoms in total. The van der Waals surface area contributed by atoms with Crippen LogP contribution in [0.4, 0.5) is 0 Å². The van der Waals surface area contributed by atoms with Crippen molar-refractivity contribution in [1.29, 1.82) is 0 Å². The van der Waals surface area contributed by atoms with Crippen molar-refractivity contribution < 1.29 is 0 Å². The van der Waals surface area contributed by atoms with E-state index in [9.17, 15) is 0 Å². The van der Waals surface area contributed by atoms with Gasteiger partial charge in [0.25, 0.3) is 0 Å². The molecule has 0 aliphatic rings. The SMILES string of the molecule is Ic1cccc(Cn2nnc(-c3ccccc3)n2)c1. The van der Waals surface area contributed by atoms with E-state index in [4.69, 9.17) is 0 Å². The molecule has 3 aromatic rings. The fraction of sp³-hybridized carbons (Fsp3) is 0.0714. The standard InChI is InChI=1S/C14H11IN4/c15-13-8-4-5-11(9-13)10-19-17-14(16-18-19)12-6-2-1-3-7-12/h1-9H,10H2. The van der Waals surface area contributed by atoms with Crippen molar-refractivity contribution in [3.05, 3.63) is 63.7 Å². The van der Waals surface area contributed by atoms with Crippen LogP contribution in [0.3, 0.4) is 0 Å². The van der Waals surface area contributed by atoms with Crippen molar-refractivity contribution in [2.24, 2.45) is 0 Å². The summed E-state index contributed by atoms with van der Waals surface area (Å²) in [5.74, 6) is 0.659. The Morgan fingerprint density at radius 1 is 1.00 bits per heavy atom. The Bertz CT molecular complexity index is 679. The van der Waals surface area contributed by atoms with Gasteiger partial charge in [0, 0.05) is 9.13 Å². The Balaban J connectivity index is 1.82. The van der Waals surface area contributed by atoms with Gasteiger partial charge in [-0.25, -0.2) is 0 Å². The quantitative estimate of drug-likeness (QED) is 0.673. The van der Waals surface area contributed by atoms with Crippen molar-refractivity contribution in [2.45, 2.75) is 6.54 Å². The maximum Gasteiger partial charge on any atom is 0.204 e. The molecule has 3 rings (SSSR count). The van der Waals surface area contributed by atoms with Crippen LogP contribution >= 0.6 is 22.6 Å². The van der Waals surface area contributed by atoms with Crippen LogP contribution < -0.4 is 0 Å². The second-order valence-electron chi connectivity index (χ2n) is 4.14. The van der Waals surface area contributed by atoms with Gasteiger partial charge in [-0.2, -0.15) is 4.80 Å². The van der Waals surface area contributed by atoms with Crippen LogP contribution in [-0.2, 0) is 6.54 Å². The summed E-state index contributed by atoms with van der Waals surface area (Å²) in [6, 6.07) is 18.1. The molecule has 0 N–H and O–H groups in total. The first-order chi connectivity index (χ1) is 9.31. The van der Waals surface area contributed by atoms with E-state index in [2.05, 4.69) is 56.2 Å². The predicted molar refractivity (Wildman–Crippen MR) is 81.5 cm³/mol. The topological polar surface area (TPSA) is 43.6 Å². The highest BCUT2D eigenvalue weighted by molar-refractivity contribution is 14.1. The second-order valence-corrected chi connectivity index (χ2v) is 5.39. The first-order valence-electron chi connectivity index (χ1n) is 5.89. The van der Waals surface area contributed by atoms with Crippen molar-refractivity contribution in [1.82, 2.24) is 20.2 Å². The lowest BCUT2D eigenvalue weighted by Gasteiger charge is -1.99. The highest BCUT2D eigenvalue weighted by Crippen LogP contribution is 2.13.